The number of nitrogens with one attached hydrogen (secondary N) is 1. The summed E-state index contributed by atoms with van der Waals surface area (Å²) in [5, 5.41) is 3.08. The van der Waals surface area contributed by atoms with Gasteiger partial charge in [0.05, 0.1) is 16.2 Å². The molecule has 2 atom stereocenters. The zero-order valence-corrected chi connectivity index (χ0v) is 19.3. The van der Waals surface area contributed by atoms with E-state index in [0.717, 1.165) is 23.6 Å². The van der Waals surface area contributed by atoms with Crippen LogP contribution in [0.3, 0.4) is 0 Å². The van der Waals surface area contributed by atoms with Crippen LogP contribution in [0.25, 0.3) is 11.1 Å². The van der Waals surface area contributed by atoms with Gasteiger partial charge in [0.1, 0.15) is 5.52 Å². The Hall–Kier alpha value is -2.36. The molecule has 0 radical (unpaired) electrons. The van der Waals surface area contributed by atoms with E-state index >= 15 is 0 Å². The van der Waals surface area contributed by atoms with Gasteiger partial charge in [0.2, 0.25) is 15.9 Å². The van der Waals surface area contributed by atoms with Crippen molar-refractivity contribution in [2.45, 2.75) is 47.6 Å². The highest BCUT2D eigenvalue weighted by molar-refractivity contribution is 8.00. The number of carbonyl (C=O) groups excluding carboxylic acids is 1. The molecule has 31 heavy (non-hydrogen) atoms. The first-order chi connectivity index (χ1) is 14.8. The molecule has 2 aromatic carbocycles. The standard InChI is InChI=1S/C22H25N3O4S2/c1-14(21(26)23-18-10-6-8-15-7-4-5-9-17(15)18)30-22-24-19-13-16(11-12-20(19)29-22)31(27,28)25(2)3/h4-5,7,9,11-14,18H,6,8,10H2,1-3H3,(H,23,26). The van der Waals surface area contributed by atoms with Crippen molar-refractivity contribution in [2.75, 3.05) is 14.1 Å². The fourth-order valence-corrected chi connectivity index (χ4v) is 5.39. The molecule has 0 fully saturated rings. The largest absolute Gasteiger partial charge is 0.431 e. The number of amides is 1. The topological polar surface area (TPSA) is 92.5 Å². The number of sulfonamides is 1. The number of aromatic nitrogens is 1. The first-order valence-corrected chi connectivity index (χ1v) is 12.5. The van der Waals surface area contributed by atoms with Crippen molar-refractivity contribution in [3.63, 3.8) is 0 Å². The number of aryl methyl sites for hydroxylation is 1. The van der Waals surface area contributed by atoms with Gasteiger partial charge in [-0.1, -0.05) is 36.0 Å². The van der Waals surface area contributed by atoms with Crippen molar-refractivity contribution in [1.29, 1.82) is 0 Å². The lowest BCUT2D eigenvalue weighted by molar-refractivity contribution is -0.121. The van der Waals surface area contributed by atoms with Crippen LogP contribution in [0.5, 0.6) is 0 Å². The van der Waals surface area contributed by atoms with Gasteiger partial charge >= 0.3 is 0 Å². The Kier molecular flexibility index (Phi) is 6.09. The van der Waals surface area contributed by atoms with Gasteiger partial charge in [-0.25, -0.2) is 17.7 Å². The number of fused-ring (bicyclic) bond motifs is 2. The highest BCUT2D eigenvalue weighted by atomic mass is 32.2. The lowest BCUT2D eigenvalue weighted by Crippen LogP contribution is -2.35. The Morgan fingerprint density at radius 1 is 1.26 bits per heavy atom. The predicted molar refractivity (Wildman–Crippen MR) is 120 cm³/mol. The van der Waals surface area contributed by atoms with Gasteiger partial charge in [-0.05, 0) is 55.5 Å². The normalized spacial score (nSPS) is 17.5. The van der Waals surface area contributed by atoms with E-state index in [4.69, 9.17) is 4.42 Å². The molecule has 0 spiro atoms. The third-order valence-electron chi connectivity index (χ3n) is 5.45. The van der Waals surface area contributed by atoms with Crippen molar-refractivity contribution in [3.05, 3.63) is 53.6 Å². The summed E-state index contributed by atoms with van der Waals surface area (Å²) in [6.45, 7) is 1.81. The fourth-order valence-electron chi connectivity index (χ4n) is 3.71. The van der Waals surface area contributed by atoms with Crippen LogP contribution in [-0.4, -0.2) is 43.0 Å². The highest BCUT2D eigenvalue weighted by Gasteiger charge is 2.25. The molecule has 1 N–H and O–H groups in total. The van der Waals surface area contributed by atoms with Crippen molar-refractivity contribution >= 4 is 38.8 Å². The van der Waals surface area contributed by atoms with Gasteiger partial charge in [-0.2, -0.15) is 0 Å². The molecule has 0 bridgehead atoms. The minimum absolute atomic E-state index is 0.0166. The predicted octanol–water partition coefficient (Wildman–Crippen LogP) is 3.75. The molecule has 7 nitrogen and oxygen atoms in total. The SMILES string of the molecule is CC(Sc1nc2cc(S(=O)(=O)N(C)C)ccc2o1)C(=O)NC1CCCc2ccccc21. The summed E-state index contributed by atoms with van der Waals surface area (Å²) in [5.74, 6) is -0.0789. The molecule has 1 aliphatic rings. The number of nitrogens with zero attached hydrogens (tertiary/aromatic N) is 2. The van der Waals surface area contributed by atoms with Crippen LogP contribution in [0.1, 0.15) is 36.9 Å². The molecular formula is C22H25N3O4S2. The zero-order chi connectivity index (χ0) is 22.2. The Bertz CT molecular complexity index is 1220. The van der Waals surface area contributed by atoms with Crippen LogP contribution in [-0.2, 0) is 21.2 Å². The summed E-state index contributed by atoms with van der Waals surface area (Å²) in [6, 6.07) is 12.8. The van der Waals surface area contributed by atoms with Gasteiger partial charge in [0.15, 0.2) is 5.58 Å². The zero-order valence-electron chi connectivity index (χ0n) is 17.7. The van der Waals surface area contributed by atoms with Crippen LogP contribution in [0.15, 0.2) is 57.0 Å². The minimum Gasteiger partial charge on any atom is -0.431 e. The third kappa shape index (κ3) is 4.49. The van der Waals surface area contributed by atoms with E-state index in [1.54, 1.807) is 6.07 Å². The second kappa shape index (κ2) is 8.64. The third-order valence-corrected chi connectivity index (χ3v) is 8.21. The maximum atomic E-state index is 12.8. The maximum absolute atomic E-state index is 12.8. The number of oxazole rings is 1. The molecule has 1 amide bonds. The molecule has 0 saturated carbocycles. The second-order valence-electron chi connectivity index (χ2n) is 7.81. The van der Waals surface area contributed by atoms with Crippen LogP contribution >= 0.6 is 11.8 Å². The number of benzene rings is 2. The van der Waals surface area contributed by atoms with Crippen LogP contribution < -0.4 is 5.32 Å². The number of hydrogen-bond donors (Lipinski definition) is 1. The Labute approximate surface area is 186 Å². The Morgan fingerprint density at radius 3 is 2.81 bits per heavy atom. The second-order valence-corrected chi connectivity index (χ2v) is 11.3. The van der Waals surface area contributed by atoms with Crippen LogP contribution in [0, 0.1) is 0 Å². The number of rotatable bonds is 6. The first kappa shape index (κ1) is 21.9. The lowest BCUT2D eigenvalue weighted by Gasteiger charge is -2.27. The Balaban J connectivity index is 1.47. The summed E-state index contributed by atoms with van der Waals surface area (Å²) < 4.78 is 31.6. The summed E-state index contributed by atoms with van der Waals surface area (Å²) in [7, 11) is -0.594. The summed E-state index contributed by atoms with van der Waals surface area (Å²) >= 11 is 1.22. The minimum atomic E-state index is -3.56. The van der Waals surface area contributed by atoms with Crippen molar-refractivity contribution in [3.8, 4) is 0 Å². The number of thioether (sulfide) groups is 1. The van der Waals surface area contributed by atoms with E-state index in [2.05, 4.69) is 22.4 Å². The summed E-state index contributed by atoms with van der Waals surface area (Å²) in [4.78, 5) is 17.3. The van der Waals surface area contributed by atoms with E-state index in [1.807, 2.05) is 19.1 Å². The smallest absolute Gasteiger partial charge is 0.257 e. The van der Waals surface area contributed by atoms with Gasteiger partial charge < -0.3 is 9.73 Å². The average Bonchev–Trinajstić information content (AvgIpc) is 3.15. The van der Waals surface area contributed by atoms with Crippen LogP contribution in [0.2, 0.25) is 0 Å². The monoisotopic (exact) mass is 459 g/mol. The van der Waals surface area contributed by atoms with E-state index < -0.39 is 15.3 Å². The maximum Gasteiger partial charge on any atom is 0.257 e. The van der Waals surface area contributed by atoms with Crippen molar-refractivity contribution in [1.82, 2.24) is 14.6 Å². The fraction of sp³-hybridized carbons (Fsp3) is 0.364. The molecule has 4 rings (SSSR count). The molecule has 2 unspecified atom stereocenters. The molecule has 0 aliphatic heterocycles. The molecule has 1 aromatic heterocycles. The van der Waals surface area contributed by atoms with Gasteiger partial charge in [0, 0.05) is 14.1 Å². The molecule has 1 aliphatic carbocycles. The van der Waals surface area contributed by atoms with E-state index in [0.29, 0.717) is 16.3 Å². The van der Waals surface area contributed by atoms with E-state index in [-0.39, 0.29) is 16.8 Å². The van der Waals surface area contributed by atoms with E-state index in [9.17, 15) is 13.2 Å². The average molecular weight is 460 g/mol. The van der Waals surface area contributed by atoms with Gasteiger partial charge in [-0.15, -0.1) is 0 Å². The molecule has 9 heteroatoms. The number of carbonyl (C=O) groups is 1. The first-order valence-electron chi connectivity index (χ1n) is 10.1. The lowest BCUT2D eigenvalue weighted by atomic mass is 9.88. The van der Waals surface area contributed by atoms with E-state index in [1.165, 1.54) is 49.1 Å². The molecule has 1 heterocycles. The molecule has 164 valence electrons. The summed E-state index contributed by atoms with van der Waals surface area (Å²) in [5.41, 5.74) is 3.41. The molecule has 0 saturated heterocycles. The molecule has 3 aromatic rings. The highest BCUT2D eigenvalue weighted by Crippen LogP contribution is 2.32. The quantitative estimate of drug-likeness (QED) is 0.565. The van der Waals surface area contributed by atoms with Crippen molar-refractivity contribution < 1.29 is 17.6 Å². The Morgan fingerprint density at radius 2 is 2.03 bits per heavy atom. The van der Waals surface area contributed by atoms with Gasteiger partial charge in [0.25, 0.3) is 5.22 Å². The van der Waals surface area contributed by atoms with Crippen LogP contribution in [0.4, 0.5) is 0 Å². The number of hydrogen-bond acceptors (Lipinski definition) is 6. The molecular weight excluding hydrogens is 434 g/mol. The van der Waals surface area contributed by atoms with Crippen molar-refractivity contribution in [2.24, 2.45) is 0 Å². The van der Waals surface area contributed by atoms with Gasteiger partial charge in [-0.3, -0.25) is 4.79 Å². The summed E-state index contributed by atoms with van der Waals surface area (Å²) in [6.07, 6.45) is 3.01.